The van der Waals surface area contributed by atoms with E-state index >= 15 is 0 Å². The van der Waals surface area contributed by atoms with Crippen molar-refractivity contribution in [1.82, 2.24) is 9.47 Å². The molecule has 1 amide bonds. The zero-order valence-corrected chi connectivity index (χ0v) is 20.4. The summed E-state index contributed by atoms with van der Waals surface area (Å²) in [6, 6.07) is 14.8. The van der Waals surface area contributed by atoms with E-state index in [1.54, 1.807) is 18.0 Å². The number of rotatable bonds is 7. The van der Waals surface area contributed by atoms with Gasteiger partial charge in [0.05, 0.1) is 12.3 Å². The van der Waals surface area contributed by atoms with Gasteiger partial charge in [-0.15, -0.1) is 0 Å². The van der Waals surface area contributed by atoms with E-state index in [1.165, 1.54) is 11.8 Å². The van der Waals surface area contributed by atoms with E-state index in [0.29, 0.717) is 34.4 Å². The van der Waals surface area contributed by atoms with Gasteiger partial charge in [0.25, 0.3) is 5.91 Å². The molecule has 4 rings (SSSR count). The van der Waals surface area contributed by atoms with E-state index in [1.807, 2.05) is 53.2 Å². The molecule has 0 bridgehead atoms. The topological polar surface area (TPSA) is 75.0 Å². The van der Waals surface area contributed by atoms with Crippen LogP contribution in [0, 0.1) is 0 Å². The maximum absolute atomic E-state index is 13.6. The van der Waals surface area contributed by atoms with Crippen LogP contribution in [0.1, 0.15) is 29.4 Å². The van der Waals surface area contributed by atoms with E-state index in [9.17, 15) is 14.7 Å². The molecule has 0 aliphatic carbocycles. The van der Waals surface area contributed by atoms with Gasteiger partial charge in [-0.2, -0.15) is 0 Å². The molecule has 2 aromatic carbocycles. The molecule has 1 unspecified atom stereocenters. The maximum Gasteiger partial charge on any atom is 0.302 e. The second-order valence-electron chi connectivity index (χ2n) is 8.15. The molecule has 0 fully saturated rings. The van der Waals surface area contributed by atoms with Gasteiger partial charge in [-0.1, -0.05) is 47.5 Å². The molecule has 1 atom stereocenters. The summed E-state index contributed by atoms with van der Waals surface area (Å²) in [6.45, 7) is 2.18. The molecular weight excluding hydrogens is 477 g/mol. The van der Waals surface area contributed by atoms with Gasteiger partial charge in [0.1, 0.15) is 5.69 Å². The number of hydrogen-bond acceptors (Lipinski definition) is 5. The zero-order chi connectivity index (χ0) is 24.4. The second kappa shape index (κ2) is 10.1. The third-order valence-corrected chi connectivity index (χ3v) is 6.23. The molecule has 178 valence electrons. The van der Waals surface area contributed by atoms with Crippen LogP contribution in [-0.2, 0) is 16.1 Å². The number of esters is 1. The fraction of sp³-hybridized carbons (Fsp3) is 0.280. The average Bonchev–Trinajstić information content (AvgIpc) is 3.18. The maximum atomic E-state index is 13.6. The molecule has 0 spiro atoms. The first-order chi connectivity index (χ1) is 16.3. The predicted octanol–water partition coefficient (Wildman–Crippen LogP) is 4.63. The molecule has 0 radical (unpaired) electrons. The Morgan fingerprint density at radius 3 is 2.53 bits per heavy atom. The molecule has 1 aliphatic heterocycles. The Labute approximate surface area is 208 Å². The van der Waals surface area contributed by atoms with Crippen molar-refractivity contribution in [2.24, 2.45) is 0 Å². The van der Waals surface area contributed by atoms with Gasteiger partial charge in [0, 0.05) is 48.9 Å². The van der Waals surface area contributed by atoms with E-state index in [0.717, 1.165) is 16.7 Å². The van der Waals surface area contributed by atoms with Crippen molar-refractivity contribution in [2.45, 2.75) is 26.2 Å². The van der Waals surface area contributed by atoms with Gasteiger partial charge in [-0.05, 0) is 41.8 Å². The highest BCUT2D eigenvalue weighted by Gasteiger charge is 2.39. The lowest BCUT2D eigenvalue weighted by Gasteiger charge is -2.40. The number of amides is 1. The summed E-state index contributed by atoms with van der Waals surface area (Å²) in [7, 11) is 1.75. The van der Waals surface area contributed by atoms with Crippen molar-refractivity contribution in [1.29, 1.82) is 0 Å². The lowest BCUT2D eigenvalue weighted by atomic mass is 10.0. The average molecular weight is 502 g/mol. The standard InChI is InChI=1S/C25H25Cl2N3O4/c1-16(31)34-12-4-11-30-24(32)23-22(28(2)25(30)33)21(18-5-3-6-20(27)13-18)15-29(23)14-17-7-9-19(26)10-8-17/h3,5-10,13,15,25,33H,4,11-12,14H2,1-2H3. The van der Waals surface area contributed by atoms with Gasteiger partial charge < -0.3 is 19.3 Å². The Balaban J connectivity index is 1.75. The second-order valence-corrected chi connectivity index (χ2v) is 9.03. The van der Waals surface area contributed by atoms with Crippen molar-refractivity contribution in [3.05, 3.63) is 76.0 Å². The number of fused-ring (bicyclic) bond motifs is 1. The van der Waals surface area contributed by atoms with Crippen molar-refractivity contribution < 1.29 is 19.4 Å². The first kappa shape index (κ1) is 24.1. The third kappa shape index (κ3) is 4.92. The van der Waals surface area contributed by atoms with Crippen LogP contribution in [0.5, 0.6) is 0 Å². The normalized spacial score (nSPS) is 15.4. The number of benzene rings is 2. The van der Waals surface area contributed by atoms with E-state index in [4.69, 9.17) is 27.9 Å². The molecule has 3 aromatic rings. The largest absolute Gasteiger partial charge is 0.466 e. The van der Waals surface area contributed by atoms with Crippen LogP contribution in [0.2, 0.25) is 10.0 Å². The number of anilines is 1. The molecule has 1 N–H and O–H groups in total. The number of halogens is 2. The minimum atomic E-state index is -1.17. The van der Waals surface area contributed by atoms with Crippen LogP contribution in [0.25, 0.3) is 11.1 Å². The minimum absolute atomic E-state index is 0.169. The number of hydrogen-bond donors (Lipinski definition) is 1. The number of nitrogens with zero attached hydrogens (tertiary/aromatic N) is 3. The highest BCUT2D eigenvalue weighted by Crippen LogP contribution is 2.41. The van der Waals surface area contributed by atoms with E-state index in [2.05, 4.69) is 0 Å². The molecular formula is C25H25Cl2N3O4. The van der Waals surface area contributed by atoms with E-state index in [-0.39, 0.29) is 25.0 Å². The highest BCUT2D eigenvalue weighted by atomic mass is 35.5. The first-order valence-electron chi connectivity index (χ1n) is 10.8. The van der Waals surface area contributed by atoms with Gasteiger partial charge in [-0.25, -0.2) is 0 Å². The summed E-state index contributed by atoms with van der Waals surface area (Å²) in [6.07, 6.45) is 1.15. The number of aliphatic hydroxyl groups excluding tert-OH is 1. The van der Waals surface area contributed by atoms with Crippen molar-refractivity contribution in [3.63, 3.8) is 0 Å². The van der Waals surface area contributed by atoms with Crippen LogP contribution >= 0.6 is 23.2 Å². The number of aliphatic hydroxyl groups is 1. The monoisotopic (exact) mass is 501 g/mol. The fourth-order valence-corrected chi connectivity index (χ4v) is 4.45. The highest BCUT2D eigenvalue weighted by molar-refractivity contribution is 6.31. The SMILES string of the molecule is CC(=O)OCCCN1C(=O)c2c(c(-c3cccc(Cl)c3)cn2Cc2ccc(Cl)cc2)N(C)C1O. The lowest BCUT2D eigenvalue weighted by molar-refractivity contribution is -0.141. The van der Waals surface area contributed by atoms with Crippen molar-refractivity contribution in [2.75, 3.05) is 25.1 Å². The Morgan fingerprint density at radius 2 is 1.85 bits per heavy atom. The summed E-state index contributed by atoms with van der Waals surface area (Å²) in [5, 5.41) is 12.2. The van der Waals surface area contributed by atoms with Crippen LogP contribution in [0.15, 0.2) is 54.7 Å². The Bertz CT molecular complexity index is 1210. The molecule has 2 heterocycles. The van der Waals surface area contributed by atoms with Gasteiger partial charge >= 0.3 is 5.97 Å². The summed E-state index contributed by atoms with van der Waals surface area (Å²) >= 11 is 12.3. The molecule has 0 saturated carbocycles. The summed E-state index contributed by atoms with van der Waals surface area (Å²) in [5.41, 5.74) is 3.70. The summed E-state index contributed by atoms with van der Waals surface area (Å²) < 4.78 is 6.87. The van der Waals surface area contributed by atoms with Gasteiger partial charge in [0.15, 0.2) is 0 Å². The molecule has 1 aromatic heterocycles. The molecule has 9 heteroatoms. The lowest BCUT2D eigenvalue weighted by Crippen LogP contribution is -2.54. The number of carbonyl (C=O) groups excluding carboxylic acids is 2. The van der Waals surface area contributed by atoms with Crippen LogP contribution in [0.4, 0.5) is 5.69 Å². The Morgan fingerprint density at radius 1 is 1.12 bits per heavy atom. The van der Waals surface area contributed by atoms with Crippen LogP contribution in [0.3, 0.4) is 0 Å². The van der Waals surface area contributed by atoms with E-state index < -0.39 is 6.35 Å². The molecule has 1 aliphatic rings. The Kier molecular flexibility index (Phi) is 7.16. The quantitative estimate of drug-likeness (QED) is 0.377. The number of carbonyl (C=O) groups is 2. The zero-order valence-electron chi connectivity index (χ0n) is 18.9. The Hall–Kier alpha value is -3.00. The number of aromatic nitrogens is 1. The molecule has 7 nitrogen and oxygen atoms in total. The fourth-order valence-electron chi connectivity index (χ4n) is 4.14. The predicted molar refractivity (Wildman–Crippen MR) is 132 cm³/mol. The number of ether oxygens (including phenoxy) is 1. The van der Waals surface area contributed by atoms with Gasteiger partial charge in [0.2, 0.25) is 6.35 Å². The smallest absolute Gasteiger partial charge is 0.302 e. The van der Waals surface area contributed by atoms with Crippen LogP contribution < -0.4 is 4.90 Å². The summed E-state index contributed by atoms with van der Waals surface area (Å²) in [5.74, 6) is -0.682. The van der Waals surface area contributed by atoms with Crippen LogP contribution in [-0.4, -0.2) is 53.0 Å². The van der Waals surface area contributed by atoms with Crippen molar-refractivity contribution >= 4 is 40.8 Å². The molecule has 0 saturated heterocycles. The van der Waals surface area contributed by atoms with Crippen molar-refractivity contribution in [3.8, 4) is 11.1 Å². The molecule has 34 heavy (non-hydrogen) atoms. The van der Waals surface area contributed by atoms with Gasteiger partial charge in [-0.3, -0.25) is 14.5 Å². The summed E-state index contributed by atoms with van der Waals surface area (Å²) in [4.78, 5) is 27.8. The third-order valence-electron chi connectivity index (χ3n) is 5.74. The minimum Gasteiger partial charge on any atom is -0.466 e. The first-order valence-corrected chi connectivity index (χ1v) is 11.6.